The lowest BCUT2D eigenvalue weighted by Gasteiger charge is -2.31. The molecule has 1 aliphatic rings. The molecule has 1 amide bonds. The van der Waals surface area contributed by atoms with E-state index in [1.54, 1.807) is 18.2 Å². The van der Waals surface area contributed by atoms with E-state index in [0.717, 1.165) is 12.8 Å². The summed E-state index contributed by atoms with van der Waals surface area (Å²) in [6, 6.07) is 5.18. The first-order valence-electron chi connectivity index (χ1n) is 6.56. The standard InChI is InChI=1S/C14H20N2O3/c1-3-14(4-2,8-15)16-13(17)10-5-6-11-12(7-10)19-9-18-11/h5-7H,3-4,8-9,15H2,1-2H3,(H,16,17). The normalized spacial score (nSPS) is 13.4. The van der Waals surface area contributed by atoms with Gasteiger partial charge in [0.05, 0.1) is 5.54 Å². The number of carbonyl (C=O) groups is 1. The maximum atomic E-state index is 12.3. The van der Waals surface area contributed by atoms with Gasteiger partial charge in [0.15, 0.2) is 11.5 Å². The summed E-state index contributed by atoms with van der Waals surface area (Å²) < 4.78 is 10.5. The number of fused-ring (bicyclic) bond motifs is 1. The molecule has 0 unspecified atom stereocenters. The van der Waals surface area contributed by atoms with Crippen LogP contribution in [0.4, 0.5) is 0 Å². The van der Waals surface area contributed by atoms with Crippen LogP contribution < -0.4 is 20.5 Å². The Morgan fingerprint density at radius 2 is 2.00 bits per heavy atom. The number of hydrogen-bond acceptors (Lipinski definition) is 4. The molecule has 1 heterocycles. The van der Waals surface area contributed by atoms with Gasteiger partial charge in [-0.3, -0.25) is 4.79 Å². The Labute approximate surface area is 113 Å². The molecule has 104 valence electrons. The van der Waals surface area contributed by atoms with Crippen molar-refractivity contribution in [1.29, 1.82) is 0 Å². The van der Waals surface area contributed by atoms with E-state index in [0.29, 0.717) is 23.6 Å². The summed E-state index contributed by atoms with van der Waals surface area (Å²) in [7, 11) is 0. The van der Waals surface area contributed by atoms with Gasteiger partial charge in [0.25, 0.3) is 5.91 Å². The SMILES string of the molecule is CCC(CC)(CN)NC(=O)c1ccc2c(c1)OCO2. The maximum absolute atomic E-state index is 12.3. The minimum absolute atomic E-state index is 0.132. The predicted octanol–water partition coefficient (Wildman–Crippen LogP) is 1.66. The molecule has 0 saturated carbocycles. The average Bonchev–Trinajstić information content (AvgIpc) is 2.92. The van der Waals surface area contributed by atoms with Crippen LogP contribution in [0.5, 0.6) is 11.5 Å². The molecule has 0 aromatic heterocycles. The zero-order valence-electron chi connectivity index (χ0n) is 11.4. The van der Waals surface area contributed by atoms with Crippen LogP contribution in [0.1, 0.15) is 37.0 Å². The summed E-state index contributed by atoms with van der Waals surface area (Å²) in [5.74, 6) is 1.15. The fourth-order valence-corrected chi connectivity index (χ4v) is 2.12. The van der Waals surface area contributed by atoms with Crippen molar-refractivity contribution in [3.8, 4) is 11.5 Å². The molecule has 5 nitrogen and oxygen atoms in total. The average molecular weight is 264 g/mol. The van der Waals surface area contributed by atoms with Gasteiger partial charge in [-0.15, -0.1) is 0 Å². The van der Waals surface area contributed by atoms with Crippen LogP contribution in [0.2, 0.25) is 0 Å². The van der Waals surface area contributed by atoms with Crippen molar-refractivity contribution in [2.45, 2.75) is 32.2 Å². The summed E-state index contributed by atoms with van der Waals surface area (Å²) in [6.45, 7) is 4.68. The number of nitrogens with two attached hydrogens (primary N) is 1. The van der Waals surface area contributed by atoms with Crippen molar-refractivity contribution in [3.05, 3.63) is 23.8 Å². The van der Waals surface area contributed by atoms with Crippen molar-refractivity contribution >= 4 is 5.91 Å². The number of rotatable bonds is 5. The summed E-state index contributed by atoms with van der Waals surface area (Å²) in [4.78, 5) is 12.3. The molecule has 5 heteroatoms. The molecule has 0 bridgehead atoms. The van der Waals surface area contributed by atoms with E-state index in [1.807, 2.05) is 13.8 Å². The lowest BCUT2D eigenvalue weighted by atomic mass is 9.92. The molecular weight excluding hydrogens is 244 g/mol. The van der Waals surface area contributed by atoms with E-state index in [1.165, 1.54) is 0 Å². The predicted molar refractivity (Wildman–Crippen MR) is 72.4 cm³/mol. The molecule has 0 aliphatic carbocycles. The topological polar surface area (TPSA) is 73.6 Å². The zero-order chi connectivity index (χ0) is 13.9. The zero-order valence-corrected chi connectivity index (χ0v) is 11.4. The number of hydrogen-bond donors (Lipinski definition) is 2. The molecular formula is C14H20N2O3. The monoisotopic (exact) mass is 264 g/mol. The van der Waals surface area contributed by atoms with E-state index in [4.69, 9.17) is 15.2 Å². The first-order valence-corrected chi connectivity index (χ1v) is 6.56. The molecule has 1 aromatic rings. The van der Waals surface area contributed by atoms with Crippen molar-refractivity contribution in [2.24, 2.45) is 5.73 Å². The summed E-state index contributed by atoms with van der Waals surface area (Å²) in [6.07, 6.45) is 1.60. The smallest absolute Gasteiger partial charge is 0.251 e. The second-order valence-corrected chi connectivity index (χ2v) is 4.71. The highest BCUT2D eigenvalue weighted by Crippen LogP contribution is 2.32. The minimum atomic E-state index is -0.340. The molecule has 3 N–H and O–H groups in total. The number of amides is 1. The summed E-state index contributed by atoms with van der Waals surface area (Å²) >= 11 is 0. The first-order chi connectivity index (χ1) is 9.14. The van der Waals surface area contributed by atoms with Crippen LogP contribution in [0, 0.1) is 0 Å². The Morgan fingerprint density at radius 3 is 2.63 bits per heavy atom. The van der Waals surface area contributed by atoms with Crippen LogP contribution in [0.3, 0.4) is 0 Å². The van der Waals surface area contributed by atoms with Gasteiger partial charge in [-0.25, -0.2) is 0 Å². The van der Waals surface area contributed by atoms with Crippen molar-refractivity contribution in [2.75, 3.05) is 13.3 Å². The third kappa shape index (κ3) is 2.66. The quantitative estimate of drug-likeness (QED) is 0.848. The lowest BCUT2D eigenvalue weighted by molar-refractivity contribution is 0.0895. The highest BCUT2D eigenvalue weighted by Gasteiger charge is 2.27. The van der Waals surface area contributed by atoms with E-state index < -0.39 is 0 Å². The number of ether oxygens (including phenoxy) is 2. The Bertz CT molecular complexity index is 461. The molecule has 2 rings (SSSR count). The molecule has 1 aliphatic heterocycles. The molecule has 0 atom stereocenters. The first kappa shape index (κ1) is 13.7. The van der Waals surface area contributed by atoms with Crippen LogP contribution in [0.15, 0.2) is 18.2 Å². The Balaban J connectivity index is 2.16. The van der Waals surface area contributed by atoms with Crippen molar-refractivity contribution in [3.63, 3.8) is 0 Å². The van der Waals surface area contributed by atoms with Crippen molar-refractivity contribution < 1.29 is 14.3 Å². The van der Waals surface area contributed by atoms with E-state index >= 15 is 0 Å². The van der Waals surface area contributed by atoms with E-state index in [-0.39, 0.29) is 18.2 Å². The third-order valence-electron chi connectivity index (χ3n) is 3.76. The minimum Gasteiger partial charge on any atom is -0.454 e. The third-order valence-corrected chi connectivity index (χ3v) is 3.76. The summed E-state index contributed by atoms with van der Waals surface area (Å²) in [5, 5.41) is 3.03. The molecule has 0 saturated heterocycles. The van der Waals surface area contributed by atoms with Gasteiger partial charge in [0, 0.05) is 12.1 Å². The molecule has 0 radical (unpaired) electrons. The summed E-state index contributed by atoms with van der Waals surface area (Å²) in [5.41, 5.74) is 6.01. The number of nitrogens with one attached hydrogen (secondary N) is 1. The molecule has 0 spiro atoms. The number of benzene rings is 1. The second kappa shape index (κ2) is 5.48. The van der Waals surface area contributed by atoms with Crippen molar-refractivity contribution in [1.82, 2.24) is 5.32 Å². The van der Waals surface area contributed by atoms with E-state index in [9.17, 15) is 4.79 Å². The fraction of sp³-hybridized carbons (Fsp3) is 0.500. The van der Waals surface area contributed by atoms with Gasteiger partial charge >= 0.3 is 0 Å². The number of carbonyl (C=O) groups excluding carboxylic acids is 1. The maximum Gasteiger partial charge on any atom is 0.251 e. The highest BCUT2D eigenvalue weighted by atomic mass is 16.7. The Hall–Kier alpha value is -1.75. The fourth-order valence-electron chi connectivity index (χ4n) is 2.12. The van der Waals surface area contributed by atoms with E-state index in [2.05, 4.69) is 5.32 Å². The van der Waals surface area contributed by atoms with Gasteiger partial charge in [0.2, 0.25) is 6.79 Å². The van der Waals surface area contributed by atoms with Gasteiger partial charge in [0.1, 0.15) is 0 Å². The molecule has 1 aromatic carbocycles. The van der Waals surface area contributed by atoms with Gasteiger partial charge < -0.3 is 20.5 Å². The molecule has 0 fully saturated rings. The Morgan fingerprint density at radius 1 is 1.32 bits per heavy atom. The van der Waals surface area contributed by atoms with Crippen LogP contribution in [-0.2, 0) is 0 Å². The van der Waals surface area contributed by atoms with Gasteiger partial charge in [-0.05, 0) is 31.0 Å². The van der Waals surface area contributed by atoms with Gasteiger partial charge in [-0.2, -0.15) is 0 Å². The largest absolute Gasteiger partial charge is 0.454 e. The lowest BCUT2D eigenvalue weighted by Crippen LogP contribution is -2.52. The Kier molecular flexibility index (Phi) is 3.95. The second-order valence-electron chi connectivity index (χ2n) is 4.71. The highest BCUT2D eigenvalue weighted by molar-refractivity contribution is 5.95. The molecule has 19 heavy (non-hydrogen) atoms. The van der Waals surface area contributed by atoms with Crippen LogP contribution >= 0.6 is 0 Å². The van der Waals surface area contributed by atoms with Crippen LogP contribution in [-0.4, -0.2) is 24.8 Å². The van der Waals surface area contributed by atoms with Gasteiger partial charge in [-0.1, -0.05) is 13.8 Å². The van der Waals surface area contributed by atoms with Crippen LogP contribution in [0.25, 0.3) is 0 Å².